The van der Waals surface area contributed by atoms with E-state index in [2.05, 4.69) is 46.3 Å². The molecule has 1 saturated heterocycles. The van der Waals surface area contributed by atoms with Crippen LogP contribution in [-0.4, -0.2) is 49.6 Å². The first kappa shape index (κ1) is 18.5. The summed E-state index contributed by atoms with van der Waals surface area (Å²) < 4.78 is 0. The third kappa shape index (κ3) is 4.48. The summed E-state index contributed by atoms with van der Waals surface area (Å²) in [6.45, 7) is 6.97. The number of hydrogen-bond donors (Lipinski definition) is 2. The van der Waals surface area contributed by atoms with Crippen LogP contribution in [-0.2, 0) is 0 Å². The molecule has 1 unspecified atom stereocenters. The molecule has 2 aromatic carbocycles. The average Bonchev–Trinajstić information content (AvgIpc) is 2.66. The number of benzene rings is 2. The second-order valence-electron chi connectivity index (χ2n) is 6.64. The minimum absolute atomic E-state index is 0.340. The van der Waals surface area contributed by atoms with Crippen LogP contribution in [0.2, 0.25) is 5.02 Å². The number of para-hydroxylation sites is 1. The number of nitrogens with one attached hydrogen (secondary N) is 1. The normalized spacial score (nSPS) is 16.3. The Labute approximate surface area is 159 Å². The van der Waals surface area contributed by atoms with Gasteiger partial charge in [-0.1, -0.05) is 29.8 Å². The standard InChI is InChI=1S/C20H25ClN4O/c1-15(14-23-19-13-16(21)7-8-18(19)20(22)26)24-9-11-25(12-10-24)17-5-3-2-4-6-17/h2-8,13,15,23H,9-12,14H2,1H3,(H2,22,26). The number of amides is 1. The highest BCUT2D eigenvalue weighted by Gasteiger charge is 2.21. The van der Waals surface area contributed by atoms with Gasteiger partial charge in [-0.05, 0) is 37.3 Å². The van der Waals surface area contributed by atoms with Gasteiger partial charge in [-0.2, -0.15) is 0 Å². The smallest absolute Gasteiger partial charge is 0.250 e. The molecule has 0 spiro atoms. The maximum Gasteiger partial charge on any atom is 0.250 e. The van der Waals surface area contributed by atoms with E-state index in [1.165, 1.54) is 5.69 Å². The van der Waals surface area contributed by atoms with Gasteiger partial charge < -0.3 is 16.0 Å². The van der Waals surface area contributed by atoms with Gasteiger partial charge in [0, 0.05) is 55.2 Å². The van der Waals surface area contributed by atoms with E-state index < -0.39 is 5.91 Å². The van der Waals surface area contributed by atoms with Crippen molar-refractivity contribution in [2.75, 3.05) is 42.9 Å². The summed E-state index contributed by atoms with van der Waals surface area (Å²) in [5.74, 6) is -0.451. The molecule has 0 saturated carbocycles. The first-order valence-electron chi connectivity index (χ1n) is 8.92. The number of carbonyl (C=O) groups is 1. The molecule has 3 N–H and O–H groups in total. The molecule has 2 aromatic rings. The zero-order chi connectivity index (χ0) is 18.5. The minimum Gasteiger partial charge on any atom is -0.383 e. The van der Waals surface area contributed by atoms with E-state index in [9.17, 15) is 4.79 Å². The van der Waals surface area contributed by atoms with Gasteiger partial charge in [-0.3, -0.25) is 9.69 Å². The lowest BCUT2D eigenvalue weighted by atomic mass is 10.1. The Balaban J connectivity index is 1.54. The molecule has 0 aliphatic carbocycles. The third-order valence-corrected chi connectivity index (χ3v) is 5.13. The maximum absolute atomic E-state index is 11.6. The number of carbonyl (C=O) groups excluding carboxylic acids is 1. The van der Waals surface area contributed by atoms with Crippen molar-refractivity contribution in [3.63, 3.8) is 0 Å². The molecule has 0 radical (unpaired) electrons. The van der Waals surface area contributed by atoms with Gasteiger partial charge in [0.25, 0.3) is 5.91 Å². The van der Waals surface area contributed by atoms with Crippen LogP contribution in [0.3, 0.4) is 0 Å². The Morgan fingerprint density at radius 2 is 1.85 bits per heavy atom. The second kappa shape index (κ2) is 8.43. The average molecular weight is 373 g/mol. The van der Waals surface area contributed by atoms with Gasteiger partial charge in [0.2, 0.25) is 0 Å². The Morgan fingerprint density at radius 3 is 2.50 bits per heavy atom. The zero-order valence-corrected chi connectivity index (χ0v) is 15.7. The van der Waals surface area contributed by atoms with Crippen molar-refractivity contribution >= 4 is 28.9 Å². The Hall–Kier alpha value is -2.24. The van der Waals surface area contributed by atoms with E-state index in [-0.39, 0.29) is 0 Å². The van der Waals surface area contributed by atoms with Crippen molar-refractivity contribution in [2.24, 2.45) is 5.73 Å². The number of nitrogens with zero attached hydrogens (tertiary/aromatic N) is 2. The van der Waals surface area contributed by atoms with Crippen molar-refractivity contribution in [2.45, 2.75) is 13.0 Å². The molecule has 1 aliphatic heterocycles. The minimum atomic E-state index is -0.451. The highest BCUT2D eigenvalue weighted by Crippen LogP contribution is 2.21. The van der Waals surface area contributed by atoms with Gasteiger partial charge in [0.15, 0.2) is 0 Å². The lowest BCUT2D eigenvalue weighted by molar-refractivity contribution is 0.100. The Bertz CT molecular complexity index is 745. The maximum atomic E-state index is 11.6. The van der Waals surface area contributed by atoms with E-state index in [0.29, 0.717) is 22.3 Å². The summed E-state index contributed by atoms with van der Waals surface area (Å²) in [6, 6.07) is 16.0. The summed E-state index contributed by atoms with van der Waals surface area (Å²) >= 11 is 6.05. The van der Waals surface area contributed by atoms with Crippen molar-refractivity contribution < 1.29 is 4.79 Å². The van der Waals surface area contributed by atoms with Gasteiger partial charge in [0.05, 0.1) is 5.56 Å². The van der Waals surface area contributed by atoms with Gasteiger partial charge in [-0.25, -0.2) is 0 Å². The lowest BCUT2D eigenvalue weighted by Crippen LogP contribution is -2.51. The van der Waals surface area contributed by atoms with Crippen LogP contribution < -0.4 is 16.0 Å². The van der Waals surface area contributed by atoms with E-state index >= 15 is 0 Å². The predicted octanol–water partition coefficient (Wildman–Crippen LogP) is 3.06. The lowest BCUT2D eigenvalue weighted by Gasteiger charge is -2.39. The van der Waals surface area contributed by atoms with Crippen LogP contribution in [0.5, 0.6) is 0 Å². The molecule has 1 aliphatic rings. The fraction of sp³-hybridized carbons (Fsp3) is 0.350. The summed E-state index contributed by atoms with van der Waals surface area (Å²) in [4.78, 5) is 16.4. The first-order valence-corrected chi connectivity index (χ1v) is 9.29. The zero-order valence-electron chi connectivity index (χ0n) is 15.0. The van der Waals surface area contributed by atoms with Crippen LogP contribution >= 0.6 is 11.6 Å². The highest BCUT2D eigenvalue weighted by atomic mass is 35.5. The summed E-state index contributed by atoms with van der Waals surface area (Å²) in [5.41, 5.74) is 7.89. The Morgan fingerprint density at radius 1 is 1.15 bits per heavy atom. The predicted molar refractivity (Wildman–Crippen MR) is 108 cm³/mol. The largest absolute Gasteiger partial charge is 0.383 e. The SMILES string of the molecule is CC(CNc1cc(Cl)ccc1C(N)=O)N1CCN(c2ccccc2)CC1. The Kier molecular flexibility index (Phi) is 6.01. The summed E-state index contributed by atoms with van der Waals surface area (Å²) in [7, 11) is 0. The second-order valence-corrected chi connectivity index (χ2v) is 7.08. The van der Waals surface area contributed by atoms with Crippen molar-refractivity contribution in [1.82, 2.24) is 4.90 Å². The number of anilines is 2. The highest BCUT2D eigenvalue weighted by molar-refractivity contribution is 6.31. The molecule has 0 bridgehead atoms. The summed E-state index contributed by atoms with van der Waals surface area (Å²) in [5, 5.41) is 3.92. The van der Waals surface area contributed by atoms with E-state index in [1.54, 1.807) is 18.2 Å². The van der Waals surface area contributed by atoms with Crippen molar-refractivity contribution in [3.05, 3.63) is 59.1 Å². The molecule has 6 heteroatoms. The molecular formula is C20H25ClN4O. The van der Waals surface area contributed by atoms with Crippen LogP contribution in [0.1, 0.15) is 17.3 Å². The molecule has 1 heterocycles. The van der Waals surface area contributed by atoms with Crippen LogP contribution in [0, 0.1) is 0 Å². The monoisotopic (exact) mass is 372 g/mol. The molecule has 1 fully saturated rings. The third-order valence-electron chi connectivity index (χ3n) is 4.89. The summed E-state index contributed by atoms with van der Waals surface area (Å²) in [6.07, 6.45) is 0. The van der Waals surface area contributed by atoms with E-state index in [0.717, 1.165) is 32.7 Å². The molecule has 26 heavy (non-hydrogen) atoms. The van der Waals surface area contributed by atoms with Gasteiger partial charge in [-0.15, -0.1) is 0 Å². The van der Waals surface area contributed by atoms with Gasteiger partial charge in [0.1, 0.15) is 0 Å². The van der Waals surface area contributed by atoms with E-state index in [1.807, 2.05) is 6.07 Å². The van der Waals surface area contributed by atoms with Crippen molar-refractivity contribution in [3.8, 4) is 0 Å². The first-order chi connectivity index (χ1) is 12.5. The van der Waals surface area contributed by atoms with Crippen molar-refractivity contribution in [1.29, 1.82) is 0 Å². The number of rotatable bonds is 6. The molecule has 1 amide bonds. The molecule has 138 valence electrons. The van der Waals surface area contributed by atoms with Crippen LogP contribution in [0.4, 0.5) is 11.4 Å². The van der Waals surface area contributed by atoms with Gasteiger partial charge >= 0.3 is 0 Å². The fourth-order valence-electron chi connectivity index (χ4n) is 3.32. The quantitative estimate of drug-likeness (QED) is 0.818. The molecule has 0 aromatic heterocycles. The number of halogens is 1. The van der Waals surface area contributed by atoms with Crippen LogP contribution in [0.15, 0.2) is 48.5 Å². The molecule has 3 rings (SSSR count). The number of piperazine rings is 1. The molecule has 5 nitrogen and oxygen atoms in total. The number of nitrogens with two attached hydrogens (primary N) is 1. The topological polar surface area (TPSA) is 61.6 Å². The molecule has 1 atom stereocenters. The molecular weight excluding hydrogens is 348 g/mol. The van der Waals surface area contributed by atoms with Crippen LogP contribution in [0.25, 0.3) is 0 Å². The van der Waals surface area contributed by atoms with E-state index in [4.69, 9.17) is 17.3 Å². The fourth-order valence-corrected chi connectivity index (χ4v) is 3.50. The number of primary amides is 1. The number of hydrogen-bond acceptors (Lipinski definition) is 4.